The number of benzene rings is 1. The molecule has 2 N–H and O–H groups in total. The molecule has 11 nitrogen and oxygen atoms in total. The lowest BCUT2D eigenvalue weighted by atomic mass is 9.88. The summed E-state index contributed by atoms with van der Waals surface area (Å²) in [7, 11) is -2.37. The van der Waals surface area contributed by atoms with E-state index in [1.54, 1.807) is 12.1 Å². The van der Waals surface area contributed by atoms with E-state index in [9.17, 15) is 19.2 Å². The largest absolute Gasteiger partial charge is 0.481 e. The van der Waals surface area contributed by atoms with E-state index in [2.05, 4.69) is 23.9 Å². The summed E-state index contributed by atoms with van der Waals surface area (Å²) in [6.45, 7) is 13.5. The van der Waals surface area contributed by atoms with E-state index in [0.717, 1.165) is 79.9 Å². The summed E-state index contributed by atoms with van der Waals surface area (Å²) in [4.78, 5) is 54.5. The molecule has 2 aromatic heterocycles. The highest BCUT2D eigenvalue weighted by Crippen LogP contribution is 2.46. The number of hydrogen-bond donors (Lipinski definition) is 2. The number of carbonyl (C=O) groups is 2. The Labute approximate surface area is 264 Å². The molecule has 2 aliphatic rings. The number of hydrogen-bond acceptors (Lipinski definition) is 9. The molecular weight excluding hydrogens is 592 g/mol. The van der Waals surface area contributed by atoms with Gasteiger partial charge in [0.05, 0.1) is 18.5 Å². The van der Waals surface area contributed by atoms with Crippen LogP contribution >= 0.6 is 0 Å². The normalized spacial score (nSPS) is 18.2. The topological polar surface area (TPSA) is 148 Å². The Kier molecular flexibility index (Phi) is 9.67. The zero-order valence-corrected chi connectivity index (χ0v) is 28.1. The van der Waals surface area contributed by atoms with Gasteiger partial charge in [0.15, 0.2) is 13.9 Å². The van der Waals surface area contributed by atoms with Gasteiger partial charge in [0.25, 0.3) is 5.56 Å². The molecule has 0 saturated carbocycles. The maximum Gasteiger partial charge on any atom is 0.311 e. The van der Waals surface area contributed by atoms with Crippen LogP contribution < -0.4 is 10.3 Å². The van der Waals surface area contributed by atoms with Crippen LogP contribution in [-0.2, 0) is 22.6 Å². The van der Waals surface area contributed by atoms with Gasteiger partial charge in [0.1, 0.15) is 11.6 Å². The first kappa shape index (κ1) is 33.0. The number of nitrogens with zero attached hydrogens (tertiary/aromatic N) is 4. The molecule has 5 rings (SSSR count). The molecule has 1 unspecified atom stereocenters. The minimum atomic E-state index is -2.37. The molecule has 0 amide bonds. The zero-order chi connectivity index (χ0) is 32.5. The third-order valence-corrected chi connectivity index (χ3v) is 13.6. The molecule has 244 valence electrons. The van der Waals surface area contributed by atoms with Crippen molar-refractivity contribution in [3.8, 4) is 5.75 Å². The minimum Gasteiger partial charge on any atom is -0.481 e. The second-order valence-corrected chi connectivity index (χ2v) is 18.4. The van der Waals surface area contributed by atoms with Crippen LogP contribution in [0.15, 0.2) is 27.5 Å². The van der Waals surface area contributed by atoms with Crippen LogP contribution in [0.3, 0.4) is 0 Å². The van der Waals surface area contributed by atoms with E-state index in [1.165, 1.54) is 0 Å². The van der Waals surface area contributed by atoms with E-state index in [1.807, 2.05) is 30.7 Å². The smallest absolute Gasteiger partial charge is 0.311 e. The van der Waals surface area contributed by atoms with Crippen molar-refractivity contribution >= 4 is 31.2 Å². The molecular formula is C33H46N4O7Si. The average molecular weight is 639 g/mol. The van der Waals surface area contributed by atoms with Crippen LogP contribution in [0.2, 0.25) is 18.1 Å². The Bertz CT molecular complexity index is 1620. The van der Waals surface area contributed by atoms with E-state index >= 15 is 0 Å². The van der Waals surface area contributed by atoms with Crippen molar-refractivity contribution in [1.29, 1.82) is 0 Å². The summed E-state index contributed by atoms with van der Waals surface area (Å²) >= 11 is 0. The molecule has 2 aliphatic heterocycles. The van der Waals surface area contributed by atoms with Crippen LogP contribution in [0.4, 0.5) is 0 Å². The number of aryl methyl sites for hydroxylation is 1. The van der Waals surface area contributed by atoms with Gasteiger partial charge in [-0.15, -0.1) is 0 Å². The van der Waals surface area contributed by atoms with Crippen molar-refractivity contribution in [3.63, 3.8) is 0 Å². The molecule has 12 heteroatoms. The first-order valence-electron chi connectivity index (χ1n) is 16.1. The summed E-state index contributed by atoms with van der Waals surface area (Å²) in [5, 5.41) is 13.8. The van der Waals surface area contributed by atoms with Gasteiger partial charge >= 0.3 is 11.9 Å². The van der Waals surface area contributed by atoms with Gasteiger partial charge in [0.2, 0.25) is 0 Å². The van der Waals surface area contributed by atoms with E-state index < -0.39 is 20.3 Å². The number of carboxylic acids is 1. The second kappa shape index (κ2) is 13.2. The number of rotatable bonds is 11. The van der Waals surface area contributed by atoms with E-state index in [4.69, 9.17) is 19.4 Å². The first-order chi connectivity index (χ1) is 21.2. The molecule has 1 atom stereocenters. The SMILES string of the molecule is Cc1nc2n(c(=O)c1CCN1CCC(c3noc4cc(OC(=O)CCC(=O)O)ccc34)CC1)CCCC2CC(C)(C)[Si](C)(C)O. The lowest BCUT2D eigenvalue weighted by molar-refractivity contribution is -0.142. The fourth-order valence-electron chi connectivity index (χ4n) is 6.61. The lowest BCUT2D eigenvalue weighted by Crippen LogP contribution is -2.42. The zero-order valence-electron chi connectivity index (χ0n) is 27.1. The van der Waals surface area contributed by atoms with Gasteiger partial charge < -0.3 is 24.1 Å². The van der Waals surface area contributed by atoms with Crippen molar-refractivity contribution in [2.24, 2.45) is 0 Å². The van der Waals surface area contributed by atoms with Crippen LogP contribution in [0.25, 0.3) is 11.0 Å². The molecule has 0 aliphatic carbocycles. The molecule has 1 fully saturated rings. The van der Waals surface area contributed by atoms with Crippen LogP contribution in [-0.4, -0.2) is 69.4 Å². The third kappa shape index (κ3) is 7.39. The number of carbonyl (C=O) groups excluding carboxylic acids is 1. The molecule has 0 spiro atoms. The van der Waals surface area contributed by atoms with Gasteiger partial charge in [0, 0.05) is 47.6 Å². The fraction of sp³-hybridized carbons (Fsp3) is 0.606. The summed E-state index contributed by atoms with van der Waals surface area (Å²) in [5.41, 5.74) is 3.15. The van der Waals surface area contributed by atoms with E-state index in [-0.39, 0.29) is 35.3 Å². The number of aromatic nitrogens is 3. The molecule has 4 heterocycles. The highest BCUT2D eigenvalue weighted by molar-refractivity contribution is 6.72. The third-order valence-electron chi connectivity index (χ3n) is 10.1. The quantitative estimate of drug-likeness (QED) is 0.165. The number of esters is 1. The number of aliphatic carboxylic acids is 1. The Hall–Kier alpha value is -3.35. The van der Waals surface area contributed by atoms with Crippen LogP contribution in [0, 0.1) is 6.92 Å². The number of piperidine rings is 1. The standard InChI is InChI=1S/C33H46N4O7Si/c1-21-25(32(41)37-15-6-7-23(31(37)34-21)20-33(2,3)45(4,5)42)14-18-36-16-12-22(13-17-36)30-26-9-8-24(19-27(26)44-35-30)43-29(40)11-10-28(38)39/h8-9,19,22-23,42H,6-7,10-18,20H2,1-5H3,(H,38,39). The number of fused-ring (bicyclic) bond motifs is 2. The predicted molar refractivity (Wildman–Crippen MR) is 172 cm³/mol. The van der Waals surface area contributed by atoms with Gasteiger partial charge in [-0.25, -0.2) is 4.98 Å². The van der Waals surface area contributed by atoms with Crippen molar-refractivity contribution in [2.45, 2.75) is 109 Å². The van der Waals surface area contributed by atoms with Gasteiger partial charge in [-0.3, -0.25) is 19.0 Å². The summed E-state index contributed by atoms with van der Waals surface area (Å²) in [6.07, 6.45) is 4.80. The van der Waals surface area contributed by atoms with E-state index in [0.29, 0.717) is 24.3 Å². The molecule has 0 bridgehead atoms. The molecule has 1 saturated heterocycles. The minimum absolute atomic E-state index is 0.0939. The lowest BCUT2D eigenvalue weighted by Gasteiger charge is -2.39. The Balaban J connectivity index is 1.19. The Morgan fingerprint density at radius 3 is 2.56 bits per heavy atom. The predicted octanol–water partition coefficient (Wildman–Crippen LogP) is 5.13. The highest BCUT2D eigenvalue weighted by Gasteiger charge is 2.41. The summed E-state index contributed by atoms with van der Waals surface area (Å²) in [6, 6.07) is 5.14. The van der Waals surface area contributed by atoms with Crippen molar-refractivity contribution in [3.05, 3.63) is 51.3 Å². The molecule has 0 radical (unpaired) electrons. The summed E-state index contributed by atoms with van der Waals surface area (Å²) < 4.78 is 12.7. The molecule has 1 aromatic carbocycles. The average Bonchev–Trinajstić information content (AvgIpc) is 3.39. The van der Waals surface area contributed by atoms with Crippen LogP contribution in [0.1, 0.15) is 93.4 Å². The monoisotopic (exact) mass is 638 g/mol. The number of carboxylic acid groups (broad SMARTS) is 1. The van der Waals surface area contributed by atoms with Crippen molar-refractivity contribution < 1.29 is 28.8 Å². The second-order valence-electron chi connectivity index (χ2n) is 13.9. The van der Waals surface area contributed by atoms with Gasteiger partial charge in [-0.05, 0) is 88.8 Å². The summed E-state index contributed by atoms with van der Waals surface area (Å²) in [5.74, 6) is -0.0459. The highest BCUT2D eigenvalue weighted by atomic mass is 28.4. The Morgan fingerprint density at radius 1 is 1.13 bits per heavy atom. The maximum atomic E-state index is 13.7. The number of likely N-dealkylation sites (tertiary alicyclic amines) is 1. The van der Waals surface area contributed by atoms with Gasteiger partial charge in [-0.2, -0.15) is 0 Å². The molecule has 3 aromatic rings. The first-order valence-corrected chi connectivity index (χ1v) is 19.0. The van der Waals surface area contributed by atoms with Crippen molar-refractivity contribution in [1.82, 2.24) is 19.6 Å². The maximum absolute atomic E-state index is 13.7. The Morgan fingerprint density at radius 2 is 1.87 bits per heavy atom. The van der Waals surface area contributed by atoms with Gasteiger partial charge in [-0.1, -0.05) is 19.0 Å². The van der Waals surface area contributed by atoms with Crippen LogP contribution in [0.5, 0.6) is 5.75 Å². The van der Waals surface area contributed by atoms with Crippen molar-refractivity contribution in [2.75, 3.05) is 19.6 Å². The number of ether oxygens (including phenoxy) is 1. The molecule has 45 heavy (non-hydrogen) atoms. The fourth-order valence-corrected chi connectivity index (χ4v) is 7.35.